The maximum Gasteiger partial charge on any atom is 0.253 e. The molecule has 5 nitrogen and oxygen atoms in total. The Balaban J connectivity index is 1.46. The van der Waals surface area contributed by atoms with E-state index in [0.717, 1.165) is 35.5 Å². The third kappa shape index (κ3) is 5.21. The number of hydrogen-bond acceptors (Lipinski definition) is 4. The third-order valence-electron chi connectivity index (χ3n) is 6.33. The van der Waals surface area contributed by atoms with E-state index >= 15 is 0 Å². The molecule has 2 aromatic carbocycles. The van der Waals surface area contributed by atoms with Gasteiger partial charge in [0.1, 0.15) is 11.6 Å². The number of nitrogens with zero attached hydrogens (tertiary/aromatic N) is 4. The highest BCUT2D eigenvalue weighted by molar-refractivity contribution is 5.94. The van der Waals surface area contributed by atoms with Gasteiger partial charge in [-0.05, 0) is 56.5 Å². The fourth-order valence-electron chi connectivity index (χ4n) is 4.18. The predicted octanol–water partition coefficient (Wildman–Crippen LogP) is 5.20. The minimum atomic E-state index is -0.304. The minimum absolute atomic E-state index is 0.0766. The lowest BCUT2D eigenvalue weighted by Gasteiger charge is -2.36. The number of unbranched alkanes of at least 4 members (excludes halogenated alkanes) is 1. The Morgan fingerprint density at radius 2 is 1.73 bits per heavy atom. The molecule has 0 radical (unpaired) electrons. The summed E-state index contributed by atoms with van der Waals surface area (Å²) >= 11 is 0. The van der Waals surface area contributed by atoms with E-state index in [0.29, 0.717) is 37.6 Å². The van der Waals surface area contributed by atoms with E-state index in [-0.39, 0.29) is 11.7 Å². The summed E-state index contributed by atoms with van der Waals surface area (Å²) in [4.78, 5) is 26.5. The van der Waals surface area contributed by atoms with Crippen molar-refractivity contribution in [3.05, 3.63) is 76.7 Å². The summed E-state index contributed by atoms with van der Waals surface area (Å²) in [5.41, 5.74) is 4.57. The predicted molar refractivity (Wildman–Crippen MR) is 130 cm³/mol. The second-order valence-electron chi connectivity index (χ2n) is 8.67. The van der Waals surface area contributed by atoms with E-state index in [2.05, 4.69) is 28.9 Å². The molecular formula is C27H31FN4O. The quantitative estimate of drug-likeness (QED) is 0.522. The average molecular weight is 447 g/mol. The first kappa shape index (κ1) is 22.9. The molecule has 1 amide bonds. The van der Waals surface area contributed by atoms with Crippen molar-refractivity contribution in [2.45, 2.75) is 40.0 Å². The number of carbonyl (C=O) groups is 1. The maximum absolute atomic E-state index is 13.7. The molecular weight excluding hydrogens is 415 g/mol. The van der Waals surface area contributed by atoms with Gasteiger partial charge in [-0.1, -0.05) is 37.6 Å². The van der Waals surface area contributed by atoms with Crippen LogP contribution in [0.4, 0.5) is 10.2 Å². The molecule has 0 N–H and O–H groups in total. The van der Waals surface area contributed by atoms with Crippen LogP contribution in [0.15, 0.2) is 48.5 Å². The molecule has 1 saturated heterocycles. The molecule has 0 bridgehead atoms. The van der Waals surface area contributed by atoms with Gasteiger partial charge in [0.05, 0.1) is 0 Å². The number of rotatable bonds is 6. The van der Waals surface area contributed by atoms with Crippen LogP contribution in [0.2, 0.25) is 0 Å². The van der Waals surface area contributed by atoms with Crippen LogP contribution in [0.3, 0.4) is 0 Å². The number of aryl methyl sites for hydroxylation is 2. The summed E-state index contributed by atoms with van der Waals surface area (Å²) in [5, 5.41) is 0. The fourth-order valence-corrected chi connectivity index (χ4v) is 4.18. The van der Waals surface area contributed by atoms with Gasteiger partial charge in [0.25, 0.3) is 5.91 Å². The highest BCUT2D eigenvalue weighted by Crippen LogP contribution is 2.26. The van der Waals surface area contributed by atoms with Gasteiger partial charge < -0.3 is 9.80 Å². The van der Waals surface area contributed by atoms with Crippen molar-refractivity contribution >= 4 is 11.7 Å². The fraction of sp³-hybridized carbons (Fsp3) is 0.370. The molecule has 3 aromatic rings. The Morgan fingerprint density at radius 1 is 1.00 bits per heavy atom. The first-order valence-electron chi connectivity index (χ1n) is 11.7. The van der Waals surface area contributed by atoms with Crippen LogP contribution in [0, 0.1) is 19.7 Å². The number of halogens is 1. The zero-order valence-electron chi connectivity index (χ0n) is 19.6. The molecule has 1 fully saturated rings. The van der Waals surface area contributed by atoms with Crippen LogP contribution in [-0.4, -0.2) is 47.0 Å². The second kappa shape index (κ2) is 10.1. The van der Waals surface area contributed by atoms with E-state index in [1.165, 1.54) is 24.1 Å². The number of hydrogen-bond donors (Lipinski definition) is 0. The van der Waals surface area contributed by atoms with Crippen LogP contribution in [-0.2, 0) is 6.42 Å². The Hall–Kier alpha value is -3.28. The van der Waals surface area contributed by atoms with Crippen LogP contribution in [0.25, 0.3) is 11.4 Å². The van der Waals surface area contributed by atoms with Crippen molar-refractivity contribution in [1.82, 2.24) is 14.9 Å². The Kier molecular flexibility index (Phi) is 7.02. The molecule has 1 aliphatic heterocycles. The zero-order chi connectivity index (χ0) is 23.4. The van der Waals surface area contributed by atoms with Gasteiger partial charge in [0.15, 0.2) is 5.82 Å². The maximum atomic E-state index is 13.7. The van der Waals surface area contributed by atoms with Crippen molar-refractivity contribution in [2.75, 3.05) is 31.1 Å². The van der Waals surface area contributed by atoms with Gasteiger partial charge in [-0.2, -0.15) is 0 Å². The number of amides is 1. The number of anilines is 1. The molecule has 0 atom stereocenters. The first-order valence-corrected chi connectivity index (χ1v) is 11.7. The van der Waals surface area contributed by atoms with E-state index in [4.69, 9.17) is 4.98 Å². The van der Waals surface area contributed by atoms with Crippen LogP contribution < -0.4 is 4.90 Å². The molecule has 1 aromatic heterocycles. The lowest BCUT2D eigenvalue weighted by molar-refractivity contribution is 0.0746. The van der Waals surface area contributed by atoms with Crippen molar-refractivity contribution in [2.24, 2.45) is 0 Å². The van der Waals surface area contributed by atoms with Crippen LogP contribution in [0.5, 0.6) is 0 Å². The van der Waals surface area contributed by atoms with Crippen molar-refractivity contribution < 1.29 is 9.18 Å². The first-order chi connectivity index (χ1) is 16.0. The average Bonchev–Trinajstić information content (AvgIpc) is 2.84. The van der Waals surface area contributed by atoms with Gasteiger partial charge in [-0.15, -0.1) is 0 Å². The monoisotopic (exact) mass is 446 g/mol. The van der Waals surface area contributed by atoms with Crippen molar-refractivity contribution in [3.63, 3.8) is 0 Å². The zero-order valence-corrected chi connectivity index (χ0v) is 19.6. The van der Waals surface area contributed by atoms with Crippen molar-refractivity contribution in [1.29, 1.82) is 0 Å². The summed E-state index contributed by atoms with van der Waals surface area (Å²) in [7, 11) is 0. The van der Waals surface area contributed by atoms with Crippen molar-refractivity contribution in [3.8, 4) is 11.4 Å². The minimum Gasteiger partial charge on any atom is -0.353 e. The Bertz CT molecular complexity index is 1120. The summed E-state index contributed by atoms with van der Waals surface area (Å²) in [6.07, 6.45) is 3.39. The summed E-state index contributed by atoms with van der Waals surface area (Å²) in [6, 6.07) is 14.4. The lowest BCUT2D eigenvalue weighted by Crippen LogP contribution is -2.49. The van der Waals surface area contributed by atoms with Crippen LogP contribution >= 0.6 is 0 Å². The van der Waals surface area contributed by atoms with Gasteiger partial charge in [0.2, 0.25) is 0 Å². The molecule has 4 rings (SSSR count). The van der Waals surface area contributed by atoms with Gasteiger partial charge >= 0.3 is 0 Å². The summed E-state index contributed by atoms with van der Waals surface area (Å²) < 4.78 is 13.7. The molecule has 0 aliphatic carbocycles. The largest absolute Gasteiger partial charge is 0.353 e. The highest BCUT2D eigenvalue weighted by Gasteiger charge is 2.25. The number of piperazine rings is 1. The molecule has 2 heterocycles. The highest BCUT2D eigenvalue weighted by atomic mass is 19.1. The molecule has 0 saturated carbocycles. The molecule has 0 spiro atoms. The molecule has 172 valence electrons. The van der Waals surface area contributed by atoms with E-state index < -0.39 is 0 Å². The van der Waals surface area contributed by atoms with Gasteiger partial charge in [0, 0.05) is 48.6 Å². The summed E-state index contributed by atoms with van der Waals surface area (Å²) in [5.74, 6) is 1.15. The standard InChI is InChI=1S/C27H31FN4O/c1-4-5-7-21-10-12-22(13-11-21)27(33)32-16-14-31(15-17-32)26-19(2)20(3)29-25(30-26)23-8-6-9-24(28)18-23/h6,8-13,18H,4-5,7,14-17H2,1-3H3. The van der Waals surface area contributed by atoms with Gasteiger partial charge in [-0.25, -0.2) is 14.4 Å². The second-order valence-corrected chi connectivity index (χ2v) is 8.67. The van der Waals surface area contributed by atoms with Crippen LogP contribution in [0.1, 0.15) is 46.9 Å². The molecule has 33 heavy (non-hydrogen) atoms. The Labute approximate surface area is 195 Å². The number of aromatic nitrogens is 2. The van der Waals surface area contributed by atoms with E-state index in [9.17, 15) is 9.18 Å². The molecule has 0 unspecified atom stereocenters. The number of carbonyl (C=O) groups excluding carboxylic acids is 1. The number of benzene rings is 2. The van der Waals surface area contributed by atoms with E-state index in [1.807, 2.05) is 36.9 Å². The smallest absolute Gasteiger partial charge is 0.253 e. The molecule has 1 aliphatic rings. The SMILES string of the molecule is CCCCc1ccc(C(=O)N2CCN(c3nc(-c4cccc(F)c4)nc(C)c3C)CC2)cc1. The third-order valence-corrected chi connectivity index (χ3v) is 6.33. The Morgan fingerprint density at radius 3 is 2.39 bits per heavy atom. The lowest BCUT2D eigenvalue weighted by atomic mass is 10.1. The van der Waals surface area contributed by atoms with Gasteiger partial charge in [-0.3, -0.25) is 4.79 Å². The molecule has 6 heteroatoms. The summed E-state index contributed by atoms with van der Waals surface area (Å²) in [6.45, 7) is 8.80. The normalized spacial score (nSPS) is 13.9. The topological polar surface area (TPSA) is 49.3 Å². The van der Waals surface area contributed by atoms with E-state index in [1.54, 1.807) is 6.07 Å².